The molecule has 0 saturated carbocycles. The highest BCUT2D eigenvalue weighted by Gasteiger charge is 2.37. The molecule has 0 bridgehead atoms. The highest BCUT2D eigenvalue weighted by atomic mass is 79.9. The van der Waals surface area contributed by atoms with Crippen molar-refractivity contribution in [3.63, 3.8) is 0 Å². The van der Waals surface area contributed by atoms with Crippen LogP contribution in [0.25, 0.3) is 0 Å². The molecule has 0 radical (unpaired) electrons. The van der Waals surface area contributed by atoms with Gasteiger partial charge >= 0.3 is 0 Å². The molecular formula is C25H32BrN3O2. The summed E-state index contributed by atoms with van der Waals surface area (Å²) in [4.78, 5) is 15.1. The molecule has 5 nitrogen and oxygen atoms in total. The molecule has 2 aromatic carbocycles. The summed E-state index contributed by atoms with van der Waals surface area (Å²) in [5.41, 5.74) is 7.95. The highest BCUT2D eigenvalue weighted by Crippen LogP contribution is 2.45. The molecule has 2 aromatic rings. The zero-order valence-corrected chi connectivity index (χ0v) is 21.0. The van der Waals surface area contributed by atoms with E-state index in [1.807, 2.05) is 6.07 Å². The van der Waals surface area contributed by atoms with Gasteiger partial charge in [0.15, 0.2) is 0 Å². The first-order chi connectivity index (χ1) is 14.5. The van der Waals surface area contributed by atoms with Crippen molar-refractivity contribution in [2.75, 3.05) is 12.0 Å². The van der Waals surface area contributed by atoms with Crippen LogP contribution in [-0.4, -0.2) is 30.8 Å². The number of aryl methyl sites for hydroxylation is 1. The molecule has 0 aliphatic carbocycles. The average Bonchev–Trinajstić information content (AvgIpc) is 2.67. The fourth-order valence-corrected chi connectivity index (χ4v) is 5.17. The van der Waals surface area contributed by atoms with E-state index in [1.165, 1.54) is 11.3 Å². The number of anilines is 1. The van der Waals surface area contributed by atoms with Gasteiger partial charge in [-0.2, -0.15) is 5.10 Å². The Morgan fingerprint density at radius 1 is 1.32 bits per heavy atom. The molecule has 6 heteroatoms. The number of rotatable bonds is 5. The van der Waals surface area contributed by atoms with E-state index in [9.17, 15) is 4.79 Å². The summed E-state index contributed by atoms with van der Waals surface area (Å²) >= 11 is 3.39. The van der Waals surface area contributed by atoms with Crippen LogP contribution in [0.5, 0.6) is 5.75 Å². The third-order valence-electron chi connectivity index (χ3n) is 5.96. The minimum Gasteiger partial charge on any atom is -0.496 e. The summed E-state index contributed by atoms with van der Waals surface area (Å²) in [6.45, 7) is 13.5. The fourth-order valence-electron chi connectivity index (χ4n) is 4.81. The molecular weight excluding hydrogens is 454 g/mol. The number of hydrogen-bond acceptors (Lipinski definition) is 4. The number of fused-ring (bicyclic) bond motifs is 1. The number of carbonyl (C=O) groups excluding carboxylic acids is 1. The minimum atomic E-state index is -0.314. The predicted octanol–water partition coefficient (Wildman–Crippen LogP) is 6.03. The van der Waals surface area contributed by atoms with E-state index < -0.39 is 0 Å². The van der Waals surface area contributed by atoms with Crippen molar-refractivity contribution in [3.8, 4) is 5.75 Å². The van der Waals surface area contributed by atoms with Crippen LogP contribution in [0.15, 0.2) is 39.9 Å². The van der Waals surface area contributed by atoms with E-state index in [-0.39, 0.29) is 11.4 Å². The van der Waals surface area contributed by atoms with E-state index >= 15 is 0 Å². The first-order valence-electron chi connectivity index (χ1n) is 10.7. The molecule has 0 spiro atoms. The van der Waals surface area contributed by atoms with E-state index in [1.54, 1.807) is 25.5 Å². The Morgan fingerprint density at radius 3 is 2.68 bits per heavy atom. The molecule has 1 atom stereocenters. The largest absolute Gasteiger partial charge is 0.496 e. The van der Waals surface area contributed by atoms with Gasteiger partial charge in [-0.1, -0.05) is 22.9 Å². The standard InChI is InChI=1S/C25H32BrN3O2/c1-15(2)29-22-10-16(3)18(11-20(22)17(4)13-25(29,5)6)14-27-28-24(30)21-12-19(26)8-9-23(21)31-7/h8-12,14-15,17H,13H2,1-7H3,(H,28,30)/b27-14-/t17-/m1/s1. The third-order valence-corrected chi connectivity index (χ3v) is 6.45. The summed E-state index contributed by atoms with van der Waals surface area (Å²) in [5.74, 6) is 0.644. The summed E-state index contributed by atoms with van der Waals surface area (Å²) in [5, 5.41) is 4.23. The van der Waals surface area contributed by atoms with Crippen LogP contribution in [0.1, 0.15) is 74.0 Å². The maximum Gasteiger partial charge on any atom is 0.275 e. The van der Waals surface area contributed by atoms with Crippen LogP contribution in [0.4, 0.5) is 5.69 Å². The maximum atomic E-state index is 12.6. The summed E-state index contributed by atoms with van der Waals surface area (Å²) in [6.07, 6.45) is 2.82. The molecule has 31 heavy (non-hydrogen) atoms. The van der Waals surface area contributed by atoms with Gasteiger partial charge < -0.3 is 9.64 Å². The Morgan fingerprint density at radius 2 is 2.03 bits per heavy atom. The van der Waals surface area contributed by atoms with Crippen LogP contribution < -0.4 is 15.1 Å². The zero-order chi connectivity index (χ0) is 22.9. The second kappa shape index (κ2) is 9.03. The first-order valence-corrected chi connectivity index (χ1v) is 11.4. The Kier molecular flexibility index (Phi) is 6.79. The van der Waals surface area contributed by atoms with Gasteiger partial charge in [0.2, 0.25) is 0 Å². The van der Waals surface area contributed by atoms with E-state index in [4.69, 9.17) is 4.74 Å². The number of hydrogen-bond donors (Lipinski definition) is 1. The molecule has 0 aromatic heterocycles. The summed E-state index contributed by atoms with van der Waals surface area (Å²) < 4.78 is 6.09. The minimum absolute atomic E-state index is 0.111. The molecule has 3 rings (SSSR count). The number of nitrogens with zero attached hydrogens (tertiary/aromatic N) is 2. The first kappa shape index (κ1) is 23.3. The highest BCUT2D eigenvalue weighted by molar-refractivity contribution is 9.10. The average molecular weight is 486 g/mol. The number of carbonyl (C=O) groups is 1. The molecule has 1 heterocycles. The van der Waals surface area contributed by atoms with Gasteiger partial charge in [0, 0.05) is 21.7 Å². The molecule has 0 saturated heterocycles. The van der Waals surface area contributed by atoms with Gasteiger partial charge in [0.05, 0.1) is 18.9 Å². The second-order valence-corrected chi connectivity index (χ2v) is 10.1. The summed E-state index contributed by atoms with van der Waals surface area (Å²) in [6, 6.07) is 10.2. The smallest absolute Gasteiger partial charge is 0.275 e. The molecule has 0 fully saturated rings. The number of amides is 1. The van der Waals surface area contributed by atoms with E-state index in [0.717, 1.165) is 22.0 Å². The SMILES string of the molecule is COc1ccc(Br)cc1C(=O)N/N=C\c1cc2c(cc1C)N(C(C)C)C(C)(C)C[C@H]2C. The molecule has 1 aliphatic rings. The number of halogens is 1. The molecule has 0 unspecified atom stereocenters. The van der Waals surface area contributed by atoms with E-state index in [0.29, 0.717) is 23.3 Å². The van der Waals surface area contributed by atoms with Gasteiger partial charge in [-0.3, -0.25) is 4.79 Å². The lowest BCUT2D eigenvalue weighted by molar-refractivity contribution is 0.0952. The lowest BCUT2D eigenvalue weighted by Gasteiger charge is -2.50. The quantitative estimate of drug-likeness (QED) is 0.415. The second-order valence-electron chi connectivity index (χ2n) is 9.19. The zero-order valence-electron chi connectivity index (χ0n) is 19.4. The van der Waals surface area contributed by atoms with Crippen LogP contribution >= 0.6 is 15.9 Å². The Balaban J connectivity index is 1.87. The van der Waals surface area contributed by atoms with Crippen molar-refractivity contribution < 1.29 is 9.53 Å². The lowest BCUT2D eigenvalue weighted by atomic mass is 9.78. The van der Waals surface area contributed by atoms with Crippen LogP contribution in [0.2, 0.25) is 0 Å². The summed E-state index contributed by atoms with van der Waals surface area (Å²) in [7, 11) is 1.54. The molecule has 1 amide bonds. The van der Waals surface area contributed by atoms with Gasteiger partial charge in [-0.25, -0.2) is 5.43 Å². The van der Waals surface area contributed by atoms with Crippen LogP contribution in [0, 0.1) is 6.92 Å². The molecule has 166 valence electrons. The lowest BCUT2D eigenvalue weighted by Crippen LogP contribution is -2.51. The maximum absolute atomic E-state index is 12.6. The topological polar surface area (TPSA) is 53.9 Å². The van der Waals surface area contributed by atoms with Crippen molar-refractivity contribution in [2.45, 2.75) is 65.5 Å². The number of hydrazone groups is 1. The Bertz CT molecular complexity index is 1010. The monoisotopic (exact) mass is 485 g/mol. The number of ether oxygens (including phenoxy) is 1. The van der Waals surface area contributed by atoms with Crippen molar-refractivity contribution in [2.24, 2.45) is 5.10 Å². The molecule has 1 N–H and O–H groups in total. The Labute approximate surface area is 194 Å². The Hall–Kier alpha value is -2.34. The van der Waals surface area contributed by atoms with Crippen LogP contribution in [-0.2, 0) is 0 Å². The van der Waals surface area contributed by atoms with Crippen molar-refractivity contribution in [3.05, 3.63) is 57.1 Å². The third kappa shape index (κ3) is 4.79. The number of nitrogens with one attached hydrogen (secondary N) is 1. The predicted molar refractivity (Wildman–Crippen MR) is 132 cm³/mol. The van der Waals surface area contributed by atoms with Gasteiger partial charge in [0.25, 0.3) is 5.91 Å². The van der Waals surface area contributed by atoms with Gasteiger partial charge in [-0.15, -0.1) is 0 Å². The van der Waals surface area contributed by atoms with Gasteiger partial charge in [-0.05, 0) is 94.0 Å². The van der Waals surface area contributed by atoms with Crippen molar-refractivity contribution in [1.82, 2.24) is 5.43 Å². The molecule has 1 aliphatic heterocycles. The number of methoxy groups -OCH3 is 1. The van der Waals surface area contributed by atoms with Crippen molar-refractivity contribution >= 4 is 33.7 Å². The van der Waals surface area contributed by atoms with Gasteiger partial charge in [0.1, 0.15) is 5.75 Å². The van der Waals surface area contributed by atoms with Crippen molar-refractivity contribution in [1.29, 1.82) is 0 Å². The normalized spacial score (nSPS) is 17.7. The van der Waals surface area contributed by atoms with Crippen LogP contribution in [0.3, 0.4) is 0 Å². The van der Waals surface area contributed by atoms with E-state index in [2.05, 4.69) is 85.0 Å². The number of benzene rings is 2. The fraction of sp³-hybridized carbons (Fsp3) is 0.440.